The zero-order valence-corrected chi connectivity index (χ0v) is 16.0. The van der Waals surface area contributed by atoms with Gasteiger partial charge in [-0.2, -0.15) is 0 Å². The van der Waals surface area contributed by atoms with Gasteiger partial charge in [0.15, 0.2) is 0 Å². The van der Waals surface area contributed by atoms with Crippen molar-refractivity contribution < 1.29 is 5.11 Å². The molecule has 0 amide bonds. The molecule has 0 bridgehead atoms. The molecule has 0 aliphatic rings. The SMILES string of the molecule is Cc1ccc(-c2nc(C)c(C(O)Cn3cc(-c4ccccc4)nn3)s2)cc1. The lowest BCUT2D eigenvalue weighted by molar-refractivity contribution is 0.153. The lowest BCUT2D eigenvalue weighted by atomic mass is 10.2. The van der Waals surface area contributed by atoms with E-state index in [2.05, 4.69) is 46.5 Å². The smallest absolute Gasteiger partial charge is 0.123 e. The number of thiazole rings is 1. The third-order valence-corrected chi connectivity index (χ3v) is 5.71. The fourth-order valence-corrected chi connectivity index (χ4v) is 3.97. The maximum atomic E-state index is 10.7. The maximum absolute atomic E-state index is 10.7. The topological polar surface area (TPSA) is 63.8 Å². The first-order valence-electron chi connectivity index (χ1n) is 8.78. The Morgan fingerprint density at radius 2 is 1.74 bits per heavy atom. The fourth-order valence-electron chi connectivity index (χ4n) is 2.93. The molecule has 2 heterocycles. The minimum absolute atomic E-state index is 0.343. The monoisotopic (exact) mass is 376 g/mol. The van der Waals surface area contributed by atoms with Gasteiger partial charge in [0.2, 0.25) is 0 Å². The molecule has 1 N–H and O–H groups in total. The van der Waals surface area contributed by atoms with E-state index in [1.54, 1.807) is 4.68 Å². The molecule has 0 aliphatic carbocycles. The van der Waals surface area contributed by atoms with Gasteiger partial charge in [-0.25, -0.2) is 9.67 Å². The van der Waals surface area contributed by atoms with Gasteiger partial charge in [-0.15, -0.1) is 16.4 Å². The summed E-state index contributed by atoms with van der Waals surface area (Å²) in [6.45, 7) is 4.34. The molecule has 2 aromatic carbocycles. The van der Waals surface area contributed by atoms with Crippen LogP contribution in [0.25, 0.3) is 21.8 Å². The van der Waals surface area contributed by atoms with Crippen LogP contribution in [0.4, 0.5) is 0 Å². The van der Waals surface area contributed by atoms with Crippen LogP contribution in [0, 0.1) is 13.8 Å². The molecule has 0 saturated heterocycles. The summed E-state index contributed by atoms with van der Waals surface area (Å²) < 4.78 is 1.68. The molecular weight excluding hydrogens is 356 g/mol. The van der Waals surface area contributed by atoms with Crippen molar-refractivity contribution >= 4 is 11.3 Å². The second-order valence-electron chi connectivity index (χ2n) is 6.54. The van der Waals surface area contributed by atoms with E-state index in [-0.39, 0.29) is 0 Å². The molecule has 0 saturated carbocycles. The molecule has 2 aromatic heterocycles. The Hall–Kier alpha value is -2.83. The second kappa shape index (κ2) is 7.42. The van der Waals surface area contributed by atoms with Crippen molar-refractivity contribution in [1.29, 1.82) is 0 Å². The second-order valence-corrected chi connectivity index (χ2v) is 7.57. The molecule has 136 valence electrons. The van der Waals surface area contributed by atoms with Crippen molar-refractivity contribution in [3.8, 4) is 21.8 Å². The minimum Gasteiger partial charge on any atom is -0.386 e. The van der Waals surface area contributed by atoms with Gasteiger partial charge in [-0.1, -0.05) is 65.4 Å². The zero-order valence-electron chi connectivity index (χ0n) is 15.2. The predicted octanol–water partition coefficient (Wildman–Crippen LogP) is 4.42. The van der Waals surface area contributed by atoms with Crippen LogP contribution in [-0.4, -0.2) is 25.1 Å². The van der Waals surface area contributed by atoms with Crippen molar-refractivity contribution in [1.82, 2.24) is 20.0 Å². The van der Waals surface area contributed by atoms with Crippen molar-refractivity contribution in [2.75, 3.05) is 0 Å². The van der Waals surface area contributed by atoms with E-state index in [9.17, 15) is 5.11 Å². The minimum atomic E-state index is -0.674. The van der Waals surface area contributed by atoms with Gasteiger partial charge in [0, 0.05) is 11.1 Å². The molecule has 1 unspecified atom stereocenters. The van der Waals surface area contributed by atoms with E-state index >= 15 is 0 Å². The predicted molar refractivity (Wildman–Crippen MR) is 107 cm³/mol. The molecule has 4 rings (SSSR count). The molecule has 1 atom stereocenters. The van der Waals surface area contributed by atoms with Gasteiger partial charge in [-0.05, 0) is 13.8 Å². The van der Waals surface area contributed by atoms with Gasteiger partial charge in [-0.3, -0.25) is 0 Å². The zero-order chi connectivity index (χ0) is 18.8. The number of aliphatic hydroxyl groups is 1. The lowest BCUT2D eigenvalue weighted by Gasteiger charge is -2.08. The van der Waals surface area contributed by atoms with Crippen LogP contribution in [0.2, 0.25) is 0 Å². The highest BCUT2D eigenvalue weighted by Crippen LogP contribution is 2.32. The first-order chi connectivity index (χ1) is 13.1. The van der Waals surface area contributed by atoms with Crippen LogP contribution in [-0.2, 0) is 6.54 Å². The first kappa shape index (κ1) is 17.6. The van der Waals surface area contributed by atoms with Crippen molar-refractivity contribution in [3.63, 3.8) is 0 Å². The number of hydrogen-bond donors (Lipinski definition) is 1. The molecule has 0 radical (unpaired) electrons. The summed E-state index contributed by atoms with van der Waals surface area (Å²) in [5, 5.41) is 20.0. The van der Waals surface area contributed by atoms with E-state index in [0.29, 0.717) is 6.54 Å². The highest BCUT2D eigenvalue weighted by molar-refractivity contribution is 7.15. The summed E-state index contributed by atoms with van der Waals surface area (Å²) in [6, 6.07) is 18.2. The van der Waals surface area contributed by atoms with Gasteiger partial charge in [0.1, 0.15) is 16.8 Å². The Labute approximate surface area is 162 Å². The van der Waals surface area contributed by atoms with Crippen LogP contribution in [0.15, 0.2) is 60.8 Å². The Bertz CT molecular complexity index is 1040. The summed E-state index contributed by atoms with van der Waals surface area (Å²) in [5.74, 6) is 0. The standard InChI is InChI=1S/C21H20N4OS/c1-14-8-10-17(11-9-14)21-22-15(2)20(27-21)19(26)13-25-12-18(23-24-25)16-6-4-3-5-7-16/h3-12,19,26H,13H2,1-2H3. The highest BCUT2D eigenvalue weighted by Gasteiger charge is 2.18. The molecule has 0 spiro atoms. The summed E-state index contributed by atoms with van der Waals surface area (Å²) in [6.07, 6.45) is 1.18. The van der Waals surface area contributed by atoms with E-state index in [1.165, 1.54) is 16.9 Å². The maximum Gasteiger partial charge on any atom is 0.123 e. The average molecular weight is 376 g/mol. The molecule has 6 heteroatoms. The highest BCUT2D eigenvalue weighted by atomic mass is 32.1. The van der Waals surface area contributed by atoms with Crippen LogP contribution < -0.4 is 0 Å². The number of hydrogen-bond acceptors (Lipinski definition) is 5. The Balaban J connectivity index is 1.53. The number of benzene rings is 2. The Morgan fingerprint density at radius 1 is 1.00 bits per heavy atom. The van der Waals surface area contributed by atoms with Crippen LogP contribution >= 0.6 is 11.3 Å². The Morgan fingerprint density at radius 3 is 2.48 bits per heavy atom. The van der Waals surface area contributed by atoms with Gasteiger partial charge in [0.05, 0.1) is 23.3 Å². The van der Waals surface area contributed by atoms with Gasteiger partial charge >= 0.3 is 0 Å². The third kappa shape index (κ3) is 3.82. The first-order valence-corrected chi connectivity index (χ1v) is 9.60. The van der Waals surface area contributed by atoms with E-state index in [4.69, 9.17) is 0 Å². The van der Waals surface area contributed by atoms with Crippen LogP contribution in [0.1, 0.15) is 22.2 Å². The number of aromatic nitrogens is 4. The van der Waals surface area contributed by atoms with E-state index < -0.39 is 6.10 Å². The van der Waals surface area contributed by atoms with Crippen LogP contribution in [0.3, 0.4) is 0 Å². The molecule has 27 heavy (non-hydrogen) atoms. The normalized spacial score (nSPS) is 12.3. The van der Waals surface area contributed by atoms with E-state index in [1.807, 2.05) is 43.5 Å². The third-order valence-electron chi connectivity index (χ3n) is 4.40. The fraction of sp³-hybridized carbons (Fsp3) is 0.190. The van der Waals surface area contributed by atoms with Crippen LogP contribution in [0.5, 0.6) is 0 Å². The molecule has 0 aliphatic heterocycles. The van der Waals surface area contributed by atoms with Crippen molar-refractivity contribution in [2.45, 2.75) is 26.5 Å². The largest absolute Gasteiger partial charge is 0.386 e. The molecular formula is C21H20N4OS. The number of aryl methyl sites for hydroxylation is 2. The quantitative estimate of drug-likeness (QED) is 0.560. The summed E-state index contributed by atoms with van der Waals surface area (Å²) in [4.78, 5) is 5.50. The molecule has 0 fully saturated rings. The molecule has 5 nitrogen and oxygen atoms in total. The molecule has 4 aromatic rings. The van der Waals surface area contributed by atoms with Gasteiger partial charge in [0.25, 0.3) is 0 Å². The lowest BCUT2D eigenvalue weighted by Crippen LogP contribution is -2.09. The van der Waals surface area contributed by atoms with Crippen molar-refractivity contribution in [2.24, 2.45) is 0 Å². The van der Waals surface area contributed by atoms with E-state index in [0.717, 1.165) is 32.4 Å². The average Bonchev–Trinajstić information content (AvgIpc) is 3.30. The summed E-state index contributed by atoms with van der Waals surface area (Å²) in [7, 11) is 0. The van der Waals surface area contributed by atoms with Crippen molar-refractivity contribution in [3.05, 3.63) is 76.9 Å². The Kier molecular flexibility index (Phi) is 4.83. The number of nitrogens with zero attached hydrogens (tertiary/aromatic N) is 4. The summed E-state index contributed by atoms with van der Waals surface area (Å²) in [5.41, 5.74) is 4.94. The van der Waals surface area contributed by atoms with Gasteiger partial charge < -0.3 is 5.11 Å². The number of rotatable bonds is 5. The summed E-state index contributed by atoms with van der Waals surface area (Å²) >= 11 is 1.53. The number of aliphatic hydroxyl groups excluding tert-OH is 1.